The number of ether oxygens (including phenoxy) is 1. The highest BCUT2D eigenvalue weighted by atomic mass is 16.6. The Labute approximate surface area is 143 Å². The zero-order chi connectivity index (χ0) is 17.5. The van der Waals surface area contributed by atoms with Crippen molar-refractivity contribution in [3.8, 4) is 0 Å². The number of carbonyl (C=O) groups excluding carboxylic acids is 1. The first kappa shape index (κ1) is 16.8. The minimum absolute atomic E-state index is 0.175. The van der Waals surface area contributed by atoms with Gasteiger partial charge in [0, 0.05) is 18.1 Å². The largest absolute Gasteiger partial charge is 0.443 e. The van der Waals surface area contributed by atoms with Crippen LogP contribution in [0, 0.1) is 0 Å². The quantitative estimate of drug-likeness (QED) is 0.780. The average Bonchev–Trinajstić information content (AvgIpc) is 2.74. The van der Waals surface area contributed by atoms with Crippen LogP contribution in [0.3, 0.4) is 0 Å². The van der Waals surface area contributed by atoms with Crippen LogP contribution in [0.1, 0.15) is 51.8 Å². The molecule has 4 nitrogen and oxygen atoms in total. The van der Waals surface area contributed by atoms with E-state index in [9.17, 15) is 4.79 Å². The predicted molar refractivity (Wildman–Crippen MR) is 97.4 cm³/mol. The van der Waals surface area contributed by atoms with Crippen molar-refractivity contribution >= 4 is 17.0 Å². The Morgan fingerprint density at radius 3 is 2.75 bits per heavy atom. The number of carbonyl (C=O) groups is 1. The lowest BCUT2D eigenvalue weighted by Crippen LogP contribution is -2.27. The van der Waals surface area contributed by atoms with Crippen molar-refractivity contribution in [3.63, 3.8) is 0 Å². The van der Waals surface area contributed by atoms with Gasteiger partial charge in [-0.05, 0) is 58.2 Å². The van der Waals surface area contributed by atoms with Crippen molar-refractivity contribution in [2.24, 2.45) is 0 Å². The molecule has 0 amide bonds. The SMILES string of the molecule is CC(C)=C[C@@H]1NCCc2cn(C(=O)OC(C)(C)C)c3cccc1c23. The third-order valence-corrected chi connectivity index (χ3v) is 4.12. The van der Waals surface area contributed by atoms with Gasteiger partial charge in [0.05, 0.1) is 11.6 Å². The maximum Gasteiger partial charge on any atom is 0.419 e. The molecule has 3 rings (SSSR count). The number of hydrogen-bond donors (Lipinski definition) is 1. The highest BCUT2D eigenvalue weighted by Crippen LogP contribution is 2.33. The van der Waals surface area contributed by atoms with Crippen LogP contribution in [0.4, 0.5) is 4.79 Å². The molecule has 0 aliphatic carbocycles. The third-order valence-electron chi connectivity index (χ3n) is 4.12. The van der Waals surface area contributed by atoms with E-state index in [4.69, 9.17) is 4.74 Å². The van der Waals surface area contributed by atoms with Crippen LogP contribution in [-0.2, 0) is 11.2 Å². The van der Waals surface area contributed by atoms with Gasteiger partial charge in [-0.3, -0.25) is 4.57 Å². The van der Waals surface area contributed by atoms with Crippen molar-refractivity contribution in [2.75, 3.05) is 6.54 Å². The Hall–Kier alpha value is -2.07. The molecule has 0 unspecified atom stereocenters. The zero-order valence-corrected chi connectivity index (χ0v) is 15.1. The molecule has 1 atom stereocenters. The van der Waals surface area contributed by atoms with Crippen molar-refractivity contribution < 1.29 is 9.53 Å². The summed E-state index contributed by atoms with van der Waals surface area (Å²) in [6, 6.07) is 6.33. The number of rotatable bonds is 1. The molecule has 4 heteroatoms. The monoisotopic (exact) mass is 326 g/mol. The van der Waals surface area contributed by atoms with Crippen molar-refractivity contribution in [1.82, 2.24) is 9.88 Å². The zero-order valence-electron chi connectivity index (χ0n) is 15.1. The standard InChI is InChI=1S/C20H26N2O2/c1-13(2)11-16-15-7-6-8-17-18(15)14(9-10-21-16)12-22(17)19(23)24-20(3,4)5/h6-8,11-12,16,21H,9-10H2,1-5H3/t16-/m0/s1. The second-order valence-corrected chi connectivity index (χ2v) is 7.67. The predicted octanol–water partition coefficient (Wildman–Crippen LogP) is 4.58. The highest BCUT2D eigenvalue weighted by molar-refractivity contribution is 5.94. The van der Waals surface area contributed by atoms with Crippen LogP contribution >= 0.6 is 0 Å². The van der Waals surface area contributed by atoms with Gasteiger partial charge in [0.15, 0.2) is 0 Å². The Morgan fingerprint density at radius 1 is 1.33 bits per heavy atom. The van der Waals surface area contributed by atoms with E-state index in [1.54, 1.807) is 4.57 Å². The molecule has 1 aromatic heterocycles. The molecule has 2 aromatic rings. The number of aromatic nitrogens is 1. The van der Waals surface area contributed by atoms with E-state index >= 15 is 0 Å². The molecular formula is C20H26N2O2. The maximum atomic E-state index is 12.6. The molecule has 1 aliphatic heterocycles. The molecule has 0 saturated carbocycles. The number of benzene rings is 1. The van der Waals surface area contributed by atoms with Crippen molar-refractivity contribution in [2.45, 2.75) is 52.7 Å². The first-order valence-corrected chi connectivity index (χ1v) is 8.51. The summed E-state index contributed by atoms with van der Waals surface area (Å²) in [4.78, 5) is 12.6. The first-order chi connectivity index (χ1) is 11.3. The molecule has 24 heavy (non-hydrogen) atoms. The molecule has 128 valence electrons. The molecule has 1 aromatic carbocycles. The van der Waals surface area contributed by atoms with Gasteiger partial charge < -0.3 is 10.1 Å². The number of hydrogen-bond acceptors (Lipinski definition) is 3. The molecule has 0 radical (unpaired) electrons. The van der Waals surface area contributed by atoms with Crippen LogP contribution in [0.2, 0.25) is 0 Å². The van der Waals surface area contributed by atoms with Gasteiger partial charge in [-0.25, -0.2) is 4.79 Å². The summed E-state index contributed by atoms with van der Waals surface area (Å²) in [5, 5.41) is 4.77. The highest BCUT2D eigenvalue weighted by Gasteiger charge is 2.24. The molecular weight excluding hydrogens is 300 g/mol. The average molecular weight is 326 g/mol. The Morgan fingerprint density at radius 2 is 2.08 bits per heavy atom. The van der Waals surface area contributed by atoms with E-state index in [1.807, 2.05) is 39.1 Å². The second-order valence-electron chi connectivity index (χ2n) is 7.67. The molecule has 2 heterocycles. The molecule has 0 saturated heterocycles. The summed E-state index contributed by atoms with van der Waals surface area (Å²) in [5.41, 5.74) is 4.12. The molecule has 0 fully saturated rings. The summed E-state index contributed by atoms with van der Waals surface area (Å²) in [7, 11) is 0. The fourth-order valence-corrected chi connectivity index (χ4v) is 3.26. The van der Waals surface area contributed by atoms with Gasteiger partial charge in [-0.2, -0.15) is 0 Å². The Bertz CT molecular complexity index is 805. The normalized spacial score (nSPS) is 17.5. The van der Waals surface area contributed by atoms with E-state index in [0.29, 0.717) is 0 Å². The summed E-state index contributed by atoms with van der Waals surface area (Å²) in [5.74, 6) is 0. The lowest BCUT2D eigenvalue weighted by Gasteiger charge is -2.20. The molecule has 1 aliphatic rings. The molecule has 0 spiro atoms. The van der Waals surface area contributed by atoms with Gasteiger partial charge in [0.2, 0.25) is 0 Å². The van der Waals surface area contributed by atoms with E-state index in [2.05, 4.69) is 31.3 Å². The minimum atomic E-state index is -0.505. The Balaban J connectivity index is 2.14. The van der Waals surface area contributed by atoms with Crippen molar-refractivity contribution in [1.29, 1.82) is 0 Å². The van der Waals surface area contributed by atoms with Crippen LogP contribution in [0.25, 0.3) is 10.9 Å². The van der Waals surface area contributed by atoms with Gasteiger partial charge in [0.25, 0.3) is 0 Å². The van der Waals surface area contributed by atoms with Gasteiger partial charge in [0.1, 0.15) is 5.60 Å². The van der Waals surface area contributed by atoms with Crippen molar-refractivity contribution in [3.05, 3.63) is 47.2 Å². The maximum absolute atomic E-state index is 12.6. The first-order valence-electron chi connectivity index (χ1n) is 8.51. The smallest absolute Gasteiger partial charge is 0.419 e. The summed E-state index contributed by atoms with van der Waals surface area (Å²) in [6.07, 6.45) is 4.77. The number of nitrogens with one attached hydrogen (secondary N) is 1. The topological polar surface area (TPSA) is 43.3 Å². The number of nitrogens with zero attached hydrogens (tertiary/aromatic N) is 1. The van der Waals surface area contributed by atoms with E-state index in [0.717, 1.165) is 18.5 Å². The van der Waals surface area contributed by atoms with E-state index in [-0.39, 0.29) is 12.1 Å². The second kappa shape index (κ2) is 6.10. The van der Waals surface area contributed by atoms with Gasteiger partial charge in [-0.15, -0.1) is 0 Å². The van der Waals surface area contributed by atoms with Crippen LogP contribution < -0.4 is 5.32 Å². The van der Waals surface area contributed by atoms with Crippen LogP contribution in [0.5, 0.6) is 0 Å². The lowest BCUT2D eigenvalue weighted by atomic mass is 9.99. The fourth-order valence-electron chi connectivity index (χ4n) is 3.26. The number of allylic oxidation sites excluding steroid dienone is 1. The van der Waals surface area contributed by atoms with Crippen LogP contribution in [-0.4, -0.2) is 22.8 Å². The minimum Gasteiger partial charge on any atom is -0.443 e. The summed E-state index contributed by atoms with van der Waals surface area (Å²) in [6.45, 7) is 10.8. The van der Waals surface area contributed by atoms with E-state index < -0.39 is 5.60 Å². The van der Waals surface area contributed by atoms with Gasteiger partial charge >= 0.3 is 6.09 Å². The van der Waals surface area contributed by atoms with Crippen LogP contribution in [0.15, 0.2) is 36.0 Å². The lowest BCUT2D eigenvalue weighted by molar-refractivity contribution is 0.0544. The summed E-state index contributed by atoms with van der Waals surface area (Å²) < 4.78 is 7.23. The molecule has 1 N–H and O–H groups in total. The third kappa shape index (κ3) is 3.24. The fraction of sp³-hybridized carbons (Fsp3) is 0.450. The van der Waals surface area contributed by atoms with E-state index in [1.165, 1.54) is 22.1 Å². The molecule has 0 bridgehead atoms. The summed E-state index contributed by atoms with van der Waals surface area (Å²) >= 11 is 0. The van der Waals surface area contributed by atoms with Gasteiger partial charge in [-0.1, -0.05) is 23.8 Å². The Kier molecular flexibility index (Phi) is 4.26.